The number of hydrogen-bond donors (Lipinski definition) is 1. The van der Waals surface area contributed by atoms with Crippen LogP contribution in [0.1, 0.15) is 12.1 Å². The van der Waals surface area contributed by atoms with Gasteiger partial charge < -0.3 is 0 Å². The van der Waals surface area contributed by atoms with E-state index in [2.05, 4.69) is 10.2 Å². The van der Waals surface area contributed by atoms with Crippen LogP contribution in [0.25, 0.3) is 11.3 Å². The second-order valence-corrected chi connectivity index (χ2v) is 8.65. The monoisotopic (exact) mass is 407 g/mol. The number of benzene rings is 2. The second kappa shape index (κ2) is 8.21. The maximum absolute atomic E-state index is 13.0. The van der Waals surface area contributed by atoms with Crippen molar-refractivity contribution in [1.82, 2.24) is 14.5 Å². The maximum atomic E-state index is 13.0. The SMILES string of the molecule is CN(CCCc1cc(-c2ccc(F)cc2)n[nH]1)S(=O)(=O)c1cccc(Cl)c1. The maximum Gasteiger partial charge on any atom is 0.242 e. The van der Waals surface area contributed by atoms with Gasteiger partial charge in [0.25, 0.3) is 0 Å². The van der Waals surface area contributed by atoms with E-state index in [1.54, 1.807) is 31.3 Å². The zero-order chi connectivity index (χ0) is 19.4. The van der Waals surface area contributed by atoms with Crippen LogP contribution < -0.4 is 0 Å². The van der Waals surface area contributed by atoms with Gasteiger partial charge in [0.05, 0.1) is 10.6 Å². The van der Waals surface area contributed by atoms with E-state index in [0.717, 1.165) is 17.0 Å². The van der Waals surface area contributed by atoms with Gasteiger partial charge in [-0.3, -0.25) is 5.10 Å². The Morgan fingerprint density at radius 1 is 1.15 bits per heavy atom. The van der Waals surface area contributed by atoms with Crippen LogP contribution >= 0.6 is 11.6 Å². The normalized spacial score (nSPS) is 11.9. The fourth-order valence-electron chi connectivity index (χ4n) is 2.68. The predicted octanol–water partition coefficient (Wildman–Crippen LogP) is 4.12. The second-order valence-electron chi connectivity index (χ2n) is 6.17. The molecule has 0 atom stereocenters. The Morgan fingerprint density at radius 3 is 2.59 bits per heavy atom. The first-order valence-corrected chi connectivity index (χ1v) is 10.2. The van der Waals surface area contributed by atoms with Crippen molar-refractivity contribution in [2.45, 2.75) is 17.7 Å². The lowest BCUT2D eigenvalue weighted by Gasteiger charge is -2.17. The van der Waals surface area contributed by atoms with Crippen LogP contribution in [0, 0.1) is 5.82 Å². The number of nitrogens with zero attached hydrogens (tertiary/aromatic N) is 2. The van der Waals surface area contributed by atoms with Gasteiger partial charge in [0.2, 0.25) is 10.0 Å². The Hall–Kier alpha value is -2.22. The highest BCUT2D eigenvalue weighted by Crippen LogP contribution is 2.20. The molecule has 0 spiro atoms. The third-order valence-corrected chi connectivity index (χ3v) is 6.28. The van der Waals surface area contributed by atoms with Crippen LogP contribution in [-0.2, 0) is 16.4 Å². The summed E-state index contributed by atoms with van der Waals surface area (Å²) in [6.45, 7) is 0.361. The minimum absolute atomic E-state index is 0.178. The van der Waals surface area contributed by atoms with Crippen LogP contribution in [-0.4, -0.2) is 36.5 Å². The first-order valence-electron chi connectivity index (χ1n) is 8.38. The quantitative estimate of drug-likeness (QED) is 0.640. The Labute approximate surface area is 162 Å². The molecule has 0 saturated carbocycles. The van der Waals surface area contributed by atoms with Crippen molar-refractivity contribution in [3.63, 3.8) is 0 Å². The number of sulfonamides is 1. The Morgan fingerprint density at radius 2 is 1.89 bits per heavy atom. The van der Waals surface area contributed by atoms with Crippen molar-refractivity contribution < 1.29 is 12.8 Å². The summed E-state index contributed by atoms with van der Waals surface area (Å²) in [6, 6.07) is 14.2. The van der Waals surface area contributed by atoms with Gasteiger partial charge in [0, 0.05) is 29.9 Å². The molecule has 8 heteroatoms. The van der Waals surface area contributed by atoms with E-state index in [0.29, 0.717) is 24.4 Å². The van der Waals surface area contributed by atoms with E-state index in [1.807, 2.05) is 6.07 Å². The molecular formula is C19H19ClFN3O2S. The van der Waals surface area contributed by atoms with Crippen molar-refractivity contribution in [1.29, 1.82) is 0 Å². The number of halogens is 2. The topological polar surface area (TPSA) is 66.1 Å². The number of aryl methyl sites for hydroxylation is 1. The molecule has 3 rings (SSSR count). The summed E-state index contributed by atoms with van der Waals surface area (Å²) in [7, 11) is -2.02. The molecular weight excluding hydrogens is 389 g/mol. The van der Waals surface area contributed by atoms with Crippen molar-refractivity contribution >= 4 is 21.6 Å². The molecule has 0 fully saturated rings. The third-order valence-electron chi connectivity index (χ3n) is 4.19. The van der Waals surface area contributed by atoms with Gasteiger partial charge in [-0.1, -0.05) is 17.7 Å². The molecule has 0 aliphatic carbocycles. The summed E-state index contributed by atoms with van der Waals surface area (Å²) in [5, 5.41) is 7.55. The molecule has 5 nitrogen and oxygen atoms in total. The van der Waals surface area contributed by atoms with Crippen LogP contribution in [0.4, 0.5) is 4.39 Å². The number of hydrogen-bond acceptors (Lipinski definition) is 3. The van der Waals surface area contributed by atoms with Crippen molar-refractivity contribution in [3.8, 4) is 11.3 Å². The Balaban J connectivity index is 1.59. The molecule has 3 aromatic rings. The highest BCUT2D eigenvalue weighted by molar-refractivity contribution is 7.89. The standard InChI is InChI=1S/C19H19ClFN3O2S/c1-24(27(25,26)18-6-2-4-15(20)12-18)11-3-5-17-13-19(23-22-17)14-7-9-16(21)10-8-14/h2,4,6-10,12-13H,3,5,11H2,1H3,(H,22,23). The first kappa shape index (κ1) is 19.5. The summed E-state index contributed by atoms with van der Waals surface area (Å²) in [5.41, 5.74) is 2.44. The van der Waals surface area contributed by atoms with E-state index in [9.17, 15) is 12.8 Å². The Bertz CT molecular complexity index is 1020. The molecule has 1 N–H and O–H groups in total. The summed E-state index contributed by atoms with van der Waals surface area (Å²) < 4.78 is 39.4. The smallest absolute Gasteiger partial charge is 0.242 e. The van der Waals surface area contributed by atoms with Gasteiger partial charge in [-0.25, -0.2) is 17.1 Å². The minimum Gasteiger partial charge on any atom is -0.282 e. The first-order chi connectivity index (χ1) is 12.9. The molecule has 142 valence electrons. The largest absolute Gasteiger partial charge is 0.282 e. The summed E-state index contributed by atoms with van der Waals surface area (Å²) in [5.74, 6) is -0.293. The molecule has 1 heterocycles. The zero-order valence-electron chi connectivity index (χ0n) is 14.7. The fourth-order valence-corrected chi connectivity index (χ4v) is 4.19. The molecule has 2 aromatic carbocycles. The van der Waals surface area contributed by atoms with Crippen molar-refractivity contribution in [2.24, 2.45) is 0 Å². The van der Waals surface area contributed by atoms with Crippen molar-refractivity contribution in [3.05, 3.63) is 71.1 Å². The van der Waals surface area contributed by atoms with E-state index >= 15 is 0 Å². The molecule has 0 aliphatic heterocycles. The molecule has 1 aromatic heterocycles. The van der Waals surface area contributed by atoms with Crippen LogP contribution in [0.3, 0.4) is 0 Å². The van der Waals surface area contributed by atoms with Gasteiger partial charge in [0.1, 0.15) is 5.82 Å². The highest BCUT2D eigenvalue weighted by Gasteiger charge is 2.20. The van der Waals surface area contributed by atoms with Gasteiger partial charge in [0.15, 0.2) is 0 Å². The lowest BCUT2D eigenvalue weighted by Crippen LogP contribution is -2.28. The highest BCUT2D eigenvalue weighted by atomic mass is 35.5. The molecule has 0 saturated heterocycles. The summed E-state index contributed by atoms with van der Waals surface area (Å²) >= 11 is 5.89. The zero-order valence-corrected chi connectivity index (χ0v) is 16.3. The lowest BCUT2D eigenvalue weighted by atomic mass is 10.1. The molecule has 0 unspecified atom stereocenters. The van der Waals surface area contributed by atoms with Crippen LogP contribution in [0.2, 0.25) is 5.02 Å². The third kappa shape index (κ3) is 4.74. The molecule has 0 bridgehead atoms. The van der Waals surface area contributed by atoms with Crippen LogP contribution in [0.15, 0.2) is 59.5 Å². The fraction of sp³-hybridized carbons (Fsp3) is 0.211. The number of aromatic amines is 1. The van der Waals surface area contributed by atoms with E-state index in [4.69, 9.17) is 11.6 Å². The Kier molecular flexibility index (Phi) is 5.94. The number of rotatable bonds is 7. The molecule has 0 amide bonds. The van der Waals surface area contributed by atoms with Gasteiger partial charge in [-0.2, -0.15) is 5.10 Å². The number of H-pyrrole nitrogens is 1. The van der Waals surface area contributed by atoms with E-state index in [1.165, 1.54) is 28.6 Å². The average Bonchev–Trinajstić information content (AvgIpc) is 3.11. The van der Waals surface area contributed by atoms with Crippen molar-refractivity contribution in [2.75, 3.05) is 13.6 Å². The molecule has 0 radical (unpaired) electrons. The predicted molar refractivity (Wildman–Crippen MR) is 104 cm³/mol. The summed E-state index contributed by atoms with van der Waals surface area (Å²) in [6.07, 6.45) is 1.27. The summed E-state index contributed by atoms with van der Waals surface area (Å²) in [4.78, 5) is 0.178. The van der Waals surface area contributed by atoms with Crippen LogP contribution in [0.5, 0.6) is 0 Å². The number of nitrogens with one attached hydrogen (secondary N) is 1. The van der Waals surface area contributed by atoms with Gasteiger partial charge in [-0.05, 0) is 61.4 Å². The minimum atomic E-state index is -3.57. The average molecular weight is 408 g/mol. The van der Waals surface area contributed by atoms with E-state index < -0.39 is 10.0 Å². The molecule has 0 aliphatic rings. The van der Waals surface area contributed by atoms with Gasteiger partial charge in [-0.15, -0.1) is 0 Å². The molecule has 27 heavy (non-hydrogen) atoms. The van der Waals surface area contributed by atoms with Gasteiger partial charge >= 0.3 is 0 Å². The lowest BCUT2D eigenvalue weighted by molar-refractivity contribution is 0.460. The number of aromatic nitrogens is 2. The van der Waals surface area contributed by atoms with E-state index in [-0.39, 0.29) is 10.7 Å².